The van der Waals surface area contributed by atoms with Gasteiger partial charge in [-0.05, 0) is 31.0 Å². The molecule has 0 spiro atoms. The second-order valence-electron chi connectivity index (χ2n) is 7.04. The Morgan fingerprint density at radius 3 is 2.71 bits per heavy atom. The SMILES string of the molecule is C[C@H]1COc2ccc(N3CCC(CO)(CCl)CC3)cc2N(C)C1=O. The summed E-state index contributed by atoms with van der Waals surface area (Å²) in [7, 11) is 1.80. The van der Waals surface area contributed by atoms with Gasteiger partial charge in [-0.1, -0.05) is 6.92 Å². The lowest BCUT2D eigenvalue weighted by Gasteiger charge is -2.40. The maximum Gasteiger partial charge on any atom is 0.233 e. The summed E-state index contributed by atoms with van der Waals surface area (Å²) in [5.41, 5.74) is 1.74. The molecular weight excluding hydrogens is 328 g/mol. The lowest BCUT2D eigenvalue weighted by Crippen LogP contribution is -2.43. The number of aliphatic hydroxyl groups is 1. The van der Waals surface area contributed by atoms with Crippen LogP contribution in [-0.4, -0.2) is 50.2 Å². The van der Waals surface area contributed by atoms with E-state index >= 15 is 0 Å². The third kappa shape index (κ3) is 3.07. The Balaban J connectivity index is 1.81. The molecule has 5 nitrogen and oxygen atoms in total. The zero-order valence-corrected chi connectivity index (χ0v) is 15.1. The Labute approximate surface area is 148 Å². The van der Waals surface area contributed by atoms with Crippen LogP contribution in [0.4, 0.5) is 11.4 Å². The van der Waals surface area contributed by atoms with Crippen LogP contribution in [0.1, 0.15) is 19.8 Å². The number of aliphatic hydroxyl groups excluding tert-OH is 1. The molecule has 0 saturated carbocycles. The molecule has 1 amide bonds. The standard InChI is InChI=1S/C18H25ClN2O3/c1-13-10-24-16-4-3-14(9-15(16)20(2)17(13)23)21-7-5-18(11-19,12-22)6-8-21/h3-4,9,13,22H,5-8,10-12H2,1-2H3/t13-/m0/s1. The van der Waals surface area contributed by atoms with Crippen LogP contribution in [0.5, 0.6) is 5.75 Å². The summed E-state index contributed by atoms with van der Waals surface area (Å²) in [6.45, 7) is 4.13. The average molecular weight is 353 g/mol. The van der Waals surface area contributed by atoms with Crippen molar-refractivity contribution in [2.45, 2.75) is 19.8 Å². The number of ether oxygens (including phenoxy) is 1. The zero-order valence-electron chi connectivity index (χ0n) is 14.3. The number of anilines is 2. The third-order valence-electron chi connectivity index (χ3n) is 5.35. The zero-order chi connectivity index (χ0) is 17.3. The van der Waals surface area contributed by atoms with Gasteiger partial charge in [-0.3, -0.25) is 4.79 Å². The number of benzene rings is 1. The highest BCUT2D eigenvalue weighted by molar-refractivity contribution is 6.18. The van der Waals surface area contributed by atoms with Crippen LogP contribution in [0.3, 0.4) is 0 Å². The van der Waals surface area contributed by atoms with Crippen molar-refractivity contribution in [3.63, 3.8) is 0 Å². The van der Waals surface area contributed by atoms with Gasteiger partial charge in [0.1, 0.15) is 5.75 Å². The molecule has 3 rings (SSSR count). The van der Waals surface area contributed by atoms with Gasteiger partial charge in [0, 0.05) is 43.7 Å². The molecule has 6 heteroatoms. The number of hydrogen-bond acceptors (Lipinski definition) is 4. The van der Waals surface area contributed by atoms with Crippen LogP contribution in [0.2, 0.25) is 0 Å². The summed E-state index contributed by atoms with van der Waals surface area (Å²) >= 11 is 6.05. The van der Waals surface area contributed by atoms with Gasteiger partial charge >= 0.3 is 0 Å². The topological polar surface area (TPSA) is 53.0 Å². The van der Waals surface area contributed by atoms with Crippen molar-refractivity contribution in [1.82, 2.24) is 0 Å². The minimum atomic E-state index is -0.158. The molecule has 1 aromatic rings. The van der Waals surface area contributed by atoms with Gasteiger partial charge in [-0.25, -0.2) is 0 Å². The molecule has 0 radical (unpaired) electrons. The fraction of sp³-hybridized carbons (Fsp3) is 0.611. The lowest BCUT2D eigenvalue weighted by molar-refractivity contribution is -0.122. The van der Waals surface area contributed by atoms with Gasteiger partial charge in [-0.2, -0.15) is 0 Å². The fourth-order valence-electron chi connectivity index (χ4n) is 3.40. The normalized spacial score (nSPS) is 23.5. The van der Waals surface area contributed by atoms with Crippen molar-refractivity contribution in [3.05, 3.63) is 18.2 Å². The van der Waals surface area contributed by atoms with E-state index in [1.807, 2.05) is 25.1 Å². The first kappa shape index (κ1) is 17.4. The monoisotopic (exact) mass is 352 g/mol. The van der Waals surface area contributed by atoms with E-state index in [1.165, 1.54) is 0 Å². The van der Waals surface area contributed by atoms with Crippen molar-refractivity contribution >= 4 is 28.9 Å². The Morgan fingerprint density at radius 2 is 2.08 bits per heavy atom. The molecule has 2 heterocycles. The van der Waals surface area contributed by atoms with E-state index in [0.717, 1.165) is 43.1 Å². The first-order valence-electron chi connectivity index (χ1n) is 8.46. The molecule has 132 valence electrons. The maximum absolute atomic E-state index is 12.3. The Morgan fingerprint density at radius 1 is 1.38 bits per heavy atom. The van der Waals surface area contributed by atoms with E-state index in [0.29, 0.717) is 12.5 Å². The second-order valence-corrected chi connectivity index (χ2v) is 7.31. The number of fused-ring (bicyclic) bond motifs is 1. The summed E-state index contributed by atoms with van der Waals surface area (Å²) in [6.07, 6.45) is 1.73. The molecule has 2 aliphatic heterocycles. The van der Waals surface area contributed by atoms with E-state index in [2.05, 4.69) is 4.90 Å². The molecule has 1 saturated heterocycles. The molecule has 0 unspecified atom stereocenters. The number of rotatable bonds is 3. The van der Waals surface area contributed by atoms with Gasteiger partial charge in [0.15, 0.2) is 0 Å². The van der Waals surface area contributed by atoms with Crippen LogP contribution in [0.15, 0.2) is 18.2 Å². The first-order valence-corrected chi connectivity index (χ1v) is 8.99. The molecule has 1 aromatic carbocycles. The summed E-state index contributed by atoms with van der Waals surface area (Å²) in [5, 5.41) is 9.61. The van der Waals surface area contributed by atoms with Crippen LogP contribution < -0.4 is 14.5 Å². The van der Waals surface area contributed by atoms with Gasteiger partial charge in [-0.15, -0.1) is 11.6 Å². The predicted octanol–water partition coefficient (Wildman–Crippen LogP) is 2.50. The minimum Gasteiger partial charge on any atom is -0.491 e. The number of halogens is 1. The van der Waals surface area contributed by atoms with Crippen LogP contribution in [0.25, 0.3) is 0 Å². The highest BCUT2D eigenvalue weighted by atomic mass is 35.5. The van der Waals surface area contributed by atoms with Crippen molar-refractivity contribution < 1.29 is 14.6 Å². The predicted molar refractivity (Wildman–Crippen MR) is 96.2 cm³/mol. The summed E-state index contributed by atoms with van der Waals surface area (Å²) in [6, 6.07) is 6.01. The summed E-state index contributed by atoms with van der Waals surface area (Å²) in [5.74, 6) is 1.17. The maximum atomic E-state index is 12.3. The second kappa shape index (κ2) is 6.81. The van der Waals surface area contributed by atoms with E-state index in [9.17, 15) is 9.90 Å². The number of alkyl halides is 1. The minimum absolute atomic E-state index is 0.0750. The molecule has 24 heavy (non-hydrogen) atoms. The largest absolute Gasteiger partial charge is 0.491 e. The van der Waals surface area contributed by atoms with Gasteiger partial charge in [0.05, 0.1) is 18.2 Å². The number of hydrogen-bond donors (Lipinski definition) is 1. The van der Waals surface area contributed by atoms with Crippen molar-refractivity contribution in [2.24, 2.45) is 11.3 Å². The number of carbonyl (C=O) groups excluding carboxylic acids is 1. The molecular formula is C18H25ClN2O3. The summed E-state index contributed by atoms with van der Waals surface area (Å²) in [4.78, 5) is 16.3. The van der Waals surface area contributed by atoms with Crippen LogP contribution in [-0.2, 0) is 4.79 Å². The molecule has 0 aromatic heterocycles. The lowest BCUT2D eigenvalue weighted by atomic mass is 9.81. The number of piperidine rings is 1. The molecule has 0 aliphatic carbocycles. The van der Waals surface area contributed by atoms with E-state index in [1.54, 1.807) is 11.9 Å². The highest BCUT2D eigenvalue weighted by Gasteiger charge is 2.34. The smallest absolute Gasteiger partial charge is 0.233 e. The highest BCUT2D eigenvalue weighted by Crippen LogP contribution is 2.38. The average Bonchev–Trinajstić information content (AvgIpc) is 2.74. The third-order valence-corrected chi connectivity index (χ3v) is 5.92. The van der Waals surface area contributed by atoms with Crippen LogP contribution in [0, 0.1) is 11.3 Å². The Hall–Kier alpha value is -1.46. The molecule has 0 bridgehead atoms. The van der Waals surface area contributed by atoms with E-state index in [-0.39, 0.29) is 23.8 Å². The van der Waals surface area contributed by atoms with E-state index in [4.69, 9.17) is 16.3 Å². The van der Waals surface area contributed by atoms with Crippen molar-refractivity contribution in [3.8, 4) is 5.75 Å². The summed E-state index contributed by atoms with van der Waals surface area (Å²) < 4.78 is 5.78. The van der Waals surface area contributed by atoms with Crippen molar-refractivity contribution in [2.75, 3.05) is 49.0 Å². The quantitative estimate of drug-likeness (QED) is 0.849. The molecule has 1 atom stereocenters. The Bertz CT molecular complexity index is 608. The molecule has 2 aliphatic rings. The van der Waals surface area contributed by atoms with Crippen LogP contribution >= 0.6 is 11.6 Å². The number of carbonyl (C=O) groups is 1. The number of amides is 1. The molecule has 1 fully saturated rings. The first-order chi connectivity index (χ1) is 11.5. The van der Waals surface area contributed by atoms with E-state index < -0.39 is 0 Å². The number of nitrogens with zero attached hydrogens (tertiary/aromatic N) is 2. The molecule has 1 N–H and O–H groups in total. The van der Waals surface area contributed by atoms with Crippen molar-refractivity contribution in [1.29, 1.82) is 0 Å². The fourth-order valence-corrected chi connectivity index (χ4v) is 3.75. The van der Waals surface area contributed by atoms with Gasteiger partial charge in [0.2, 0.25) is 5.91 Å². The Kier molecular flexibility index (Phi) is 4.92. The van der Waals surface area contributed by atoms with Gasteiger partial charge < -0.3 is 19.6 Å². The van der Waals surface area contributed by atoms with Gasteiger partial charge in [0.25, 0.3) is 0 Å².